The van der Waals surface area contributed by atoms with Crippen molar-refractivity contribution in [2.24, 2.45) is 5.73 Å². The van der Waals surface area contributed by atoms with Gasteiger partial charge in [-0.25, -0.2) is 31.9 Å². The first-order chi connectivity index (χ1) is 16.1. The molecule has 0 bridgehead atoms. The number of halogens is 1. The molecule has 0 fully saturated rings. The Kier molecular flexibility index (Phi) is 6.17. The number of benzene rings is 2. The third-order valence-electron chi connectivity index (χ3n) is 5.33. The molecule has 0 aliphatic carbocycles. The summed E-state index contributed by atoms with van der Waals surface area (Å²) in [6, 6.07) is 9.21. The molecule has 0 radical (unpaired) electrons. The second-order valence-corrected chi connectivity index (χ2v) is 9.76. The maximum atomic E-state index is 15.3. The average molecular weight is 485 g/mol. The smallest absolute Gasteiger partial charge is 0.341 e. The molecule has 0 saturated heterocycles. The summed E-state index contributed by atoms with van der Waals surface area (Å²) in [5.74, 6) is -0.667. The summed E-state index contributed by atoms with van der Waals surface area (Å²) in [6.45, 7) is 1.66. The summed E-state index contributed by atoms with van der Waals surface area (Å²) in [4.78, 5) is 20.3. The Morgan fingerprint density at radius 3 is 2.50 bits per heavy atom. The second-order valence-electron chi connectivity index (χ2n) is 7.64. The number of ether oxygens (including phenoxy) is 1. The van der Waals surface area contributed by atoms with Crippen molar-refractivity contribution < 1.29 is 22.0 Å². The number of hydrogen-bond acceptors (Lipinski definition) is 8. The van der Waals surface area contributed by atoms with Gasteiger partial charge in [-0.2, -0.15) is 0 Å². The Morgan fingerprint density at radius 2 is 1.82 bits per heavy atom. The van der Waals surface area contributed by atoms with E-state index >= 15 is 4.39 Å². The standard InChI is InChI=1S/C23H21FN4O5S/c1-13-15-9-8-14(32-23-26-10-5-11-27-23)12-17(15)33-22(29)19(13)21(25)16-6-4-7-18(20(16)24)34(30,31)28(2)3/h4-12,21H,25H2,1-3H3. The number of rotatable bonds is 6. The van der Waals surface area contributed by atoms with Gasteiger partial charge in [-0.3, -0.25) is 0 Å². The first-order valence-corrected chi connectivity index (χ1v) is 11.5. The van der Waals surface area contributed by atoms with Gasteiger partial charge < -0.3 is 14.9 Å². The van der Waals surface area contributed by atoms with Crippen molar-refractivity contribution in [2.75, 3.05) is 14.1 Å². The first-order valence-electron chi connectivity index (χ1n) is 10.1. The topological polar surface area (TPSA) is 129 Å². The van der Waals surface area contributed by atoms with Crippen LogP contribution in [0.5, 0.6) is 11.8 Å². The zero-order chi connectivity index (χ0) is 24.6. The summed E-state index contributed by atoms with van der Waals surface area (Å²) < 4.78 is 52.2. The number of nitrogens with two attached hydrogens (primary N) is 1. The number of hydrogen-bond donors (Lipinski definition) is 1. The number of sulfonamides is 1. The van der Waals surface area contributed by atoms with Crippen LogP contribution in [0, 0.1) is 12.7 Å². The summed E-state index contributed by atoms with van der Waals surface area (Å²) in [7, 11) is -1.46. The lowest BCUT2D eigenvalue weighted by Crippen LogP contribution is -2.26. The fourth-order valence-electron chi connectivity index (χ4n) is 3.54. The molecule has 0 aliphatic rings. The number of aromatic nitrogens is 2. The van der Waals surface area contributed by atoms with Gasteiger partial charge in [0.25, 0.3) is 0 Å². The van der Waals surface area contributed by atoms with Gasteiger partial charge >= 0.3 is 11.6 Å². The molecule has 0 saturated carbocycles. The quantitative estimate of drug-likeness (QED) is 0.414. The van der Waals surface area contributed by atoms with E-state index in [0.29, 0.717) is 16.7 Å². The molecule has 2 heterocycles. The molecule has 2 N–H and O–H groups in total. The molecule has 4 rings (SSSR count). The van der Waals surface area contributed by atoms with Crippen LogP contribution in [0.2, 0.25) is 0 Å². The minimum absolute atomic E-state index is 0.0193. The summed E-state index contributed by atoms with van der Waals surface area (Å²) >= 11 is 0. The molecule has 1 atom stereocenters. The summed E-state index contributed by atoms with van der Waals surface area (Å²) in [6.07, 6.45) is 3.05. The zero-order valence-electron chi connectivity index (χ0n) is 18.5. The van der Waals surface area contributed by atoms with Gasteiger partial charge in [0, 0.05) is 43.5 Å². The van der Waals surface area contributed by atoms with E-state index in [1.54, 1.807) is 25.1 Å². The lowest BCUT2D eigenvalue weighted by atomic mass is 9.95. The van der Waals surface area contributed by atoms with E-state index in [9.17, 15) is 13.2 Å². The van der Waals surface area contributed by atoms with Gasteiger partial charge in [0.2, 0.25) is 10.0 Å². The Bertz CT molecular complexity index is 1540. The third kappa shape index (κ3) is 4.16. The van der Waals surface area contributed by atoms with Crippen LogP contribution in [-0.2, 0) is 10.0 Å². The van der Waals surface area contributed by atoms with Gasteiger partial charge in [0.05, 0.1) is 11.6 Å². The number of fused-ring (bicyclic) bond motifs is 1. The zero-order valence-corrected chi connectivity index (χ0v) is 19.3. The Labute approximate surface area is 194 Å². The first kappa shape index (κ1) is 23.5. The molecule has 0 amide bonds. The lowest BCUT2D eigenvalue weighted by molar-refractivity contribution is 0.440. The maximum Gasteiger partial charge on any atom is 0.341 e. The van der Waals surface area contributed by atoms with E-state index in [4.69, 9.17) is 14.9 Å². The summed E-state index contributed by atoms with van der Waals surface area (Å²) in [5, 5.41) is 0.559. The largest absolute Gasteiger partial charge is 0.424 e. The molecule has 0 spiro atoms. The van der Waals surface area contributed by atoms with Crippen LogP contribution >= 0.6 is 0 Å². The molecule has 2 aromatic carbocycles. The molecule has 0 aliphatic heterocycles. The van der Waals surface area contributed by atoms with E-state index in [-0.39, 0.29) is 22.7 Å². The van der Waals surface area contributed by atoms with Crippen molar-refractivity contribution in [2.45, 2.75) is 17.9 Å². The minimum atomic E-state index is -4.05. The van der Waals surface area contributed by atoms with Crippen LogP contribution in [0.4, 0.5) is 4.39 Å². The third-order valence-corrected chi connectivity index (χ3v) is 7.17. The highest BCUT2D eigenvalue weighted by Gasteiger charge is 2.28. The second kappa shape index (κ2) is 8.93. The van der Waals surface area contributed by atoms with E-state index in [1.807, 2.05) is 0 Å². The van der Waals surface area contributed by atoms with Gasteiger partial charge in [0.15, 0.2) is 0 Å². The molecule has 176 valence electrons. The SMILES string of the molecule is Cc1c(C(N)c2cccc(S(=O)(=O)N(C)C)c2F)c(=O)oc2cc(Oc3ncccn3)ccc12. The predicted octanol–water partition coefficient (Wildman–Crippen LogP) is 3.12. The molecular formula is C23H21FN4O5S. The van der Waals surface area contributed by atoms with Crippen LogP contribution in [0.25, 0.3) is 11.0 Å². The number of nitrogens with zero attached hydrogens (tertiary/aromatic N) is 3. The summed E-state index contributed by atoms with van der Waals surface area (Å²) in [5.41, 5.74) is 6.09. The Morgan fingerprint density at radius 1 is 1.12 bits per heavy atom. The van der Waals surface area contributed by atoms with E-state index < -0.39 is 32.4 Å². The normalized spacial score (nSPS) is 12.8. The predicted molar refractivity (Wildman–Crippen MR) is 123 cm³/mol. The fourth-order valence-corrected chi connectivity index (χ4v) is 4.52. The van der Waals surface area contributed by atoms with Crippen molar-refractivity contribution in [3.63, 3.8) is 0 Å². The monoisotopic (exact) mass is 484 g/mol. The van der Waals surface area contributed by atoms with Crippen LogP contribution in [0.3, 0.4) is 0 Å². The van der Waals surface area contributed by atoms with Crippen LogP contribution < -0.4 is 16.1 Å². The molecule has 9 nitrogen and oxygen atoms in total. The lowest BCUT2D eigenvalue weighted by Gasteiger charge is -2.18. The Balaban J connectivity index is 1.78. The molecule has 1 unspecified atom stereocenters. The highest BCUT2D eigenvalue weighted by Crippen LogP contribution is 2.31. The van der Waals surface area contributed by atoms with Crippen LogP contribution in [0.15, 0.2) is 69.0 Å². The van der Waals surface area contributed by atoms with Crippen molar-refractivity contribution >= 4 is 21.0 Å². The van der Waals surface area contributed by atoms with Gasteiger partial charge in [-0.05, 0) is 36.8 Å². The molecular weight excluding hydrogens is 463 g/mol. The van der Waals surface area contributed by atoms with E-state index in [1.165, 1.54) is 44.7 Å². The van der Waals surface area contributed by atoms with Crippen LogP contribution in [-0.4, -0.2) is 36.8 Å². The van der Waals surface area contributed by atoms with Gasteiger partial charge in [0.1, 0.15) is 22.0 Å². The van der Waals surface area contributed by atoms with E-state index in [0.717, 1.165) is 10.4 Å². The Hall–Kier alpha value is -3.67. The number of aryl methyl sites for hydroxylation is 1. The highest BCUT2D eigenvalue weighted by molar-refractivity contribution is 7.89. The molecule has 11 heteroatoms. The van der Waals surface area contributed by atoms with Crippen molar-refractivity contribution in [3.8, 4) is 11.8 Å². The van der Waals surface area contributed by atoms with Gasteiger partial charge in [-0.15, -0.1) is 0 Å². The van der Waals surface area contributed by atoms with Crippen molar-refractivity contribution in [1.82, 2.24) is 14.3 Å². The van der Waals surface area contributed by atoms with E-state index in [2.05, 4.69) is 9.97 Å². The van der Waals surface area contributed by atoms with Crippen molar-refractivity contribution in [3.05, 3.63) is 87.8 Å². The molecule has 34 heavy (non-hydrogen) atoms. The van der Waals surface area contributed by atoms with Crippen LogP contribution in [0.1, 0.15) is 22.7 Å². The fraction of sp³-hybridized carbons (Fsp3) is 0.174. The maximum absolute atomic E-state index is 15.3. The minimum Gasteiger partial charge on any atom is -0.424 e. The molecule has 2 aromatic heterocycles. The average Bonchev–Trinajstić information content (AvgIpc) is 2.79. The van der Waals surface area contributed by atoms with Gasteiger partial charge in [-0.1, -0.05) is 12.1 Å². The highest BCUT2D eigenvalue weighted by atomic mass is 32.2. The van der Waals surface area contributed by atoms with Crippen molar-refractivity contribution in [1.29, 1.82) is 0 Å². The molecule has 4 aromatic rings.